The number of ether oxygens (including phenoxy) is 2. The number of benzene rings is 3. The van der Waals surface area contributed by atoms with Gasteiger partial charge in [-0.05, 0) is 42.3 Å². The molecule has 0 bridgehead atoms. The molecule has 4 heteroatoms. The summed E-state index contributed by atoms with van der Waals surface area (Å²) >= 11 is 0. The highest BCUT2D eigenvalue weighted by Gasteiger charge is 2.26. The van der Waals surface area contributed by atoms with Crippen LogP contribution < -0.4 is 14.8 Å². The Morgan fingerprint density at radius 1 is 1.00 bits per heavy atom. The molecule has 4 nitrogen and oxygen atoms in total. The molecule has 3 aromatic rings. The fourth-order valence-corrected chi connectivity index (χ4v) is 3.46. The fraction of sp³-hybridized carbons (Fsp3) is 0.208. The third-order valence-corrected chi connectivity index (χ3v) is 5.05. The lowest BCUT2D eigenvalue weighted by atomic mass is 9.92. The first kappa shape index (κ1) is 18.1. The fourth-order valence-electron chi connectivity index (χ4n) is 3.46. The Hall–Kier alpha value is -3.27. The first-order valence-electron chi connectivity index (χ1n) is 9.39. The van der Waals surface area contributed by atoms with Crippen LogP contribution in [0.3, 0.4) is 0 Å². The van der Waals surface area contributed by atoms with Gasteiger partial charge in [-0.2, -0.15) is 0 Å². The van der Waals surface area contributed by atoms with E-state index in [4.69, 9.17) is 9.47 Å². The summed E-state index contributed by atoms with van der Waals surface area (Å²) in [5, 5.41) is 3.47. The number of aryl methyl sites for hydroxylation is 1. The van der Waals surface area contributed by atoms with Gasteiger partial charge in [0.2, 0.25) is 0 Å². The van der Waals surface area contributed by atoms with Gasteiger partial charge < -0.3 is 14.8 Å². The number of nitrogens with one attached hydrogen (secondary N) is 1. The van der Waals surface area contributed by atoms with E-state index in [0.29, 0.717) is 24.5 Å². The van der Waals surface area contributed by atoms with Crippen molar-refractivity contribution in [3.05, 3.63) is 89.0 Å². The molecule has 1 unspecified atom stereocenters. The van der Waals surface area contributed by atoms with Crippen LogP contribution >= 0.6 is 0 Å². The number of methoxy groups -OCH3 is 1. The smallest absolute Gasteiger partial charge is 0.167 e. The first-order valence-corrected chi connectivity index (χ1v) is 9.39. The number of hydrogen-bond acceptors (Lipinski definition) is 4. The first-order chi connectivity index (χ1) is 13.6. The van der Waals surface area contributed by atoms with E-state index in [2.05, 4.69) is 36.5 Å². The van der Waals surface area contributed by atoms with Crippen molar-refractivity contribution < 1.29 is 14.3 Å². The number of anilines is 1. The molecule has 4 rings (SSSR count). The molecule has 0 fully saturated rings. The monoisotopic (exact) mass is 373 g/mol. The van der Waals surface area contributed by atoms with E-state index in [9.17, 15) is 4.79 Å². The number of para-hydroxylation sites is 1. The standard InChI is InChI=1S/C24H23NO3/c1-16-7-9-17(10-8-16)15-28-24-13-18(11-12-23(24)27-2)21-14-22(26)19-5-3-4-6-20(19)25-21/h3-13,21,25H,14-15H2,1-2H3. The molecule has 1 heterocycles. The van der Waals surface area contributed by atoms with E-state index >= 15 is 0 Å². The number of ketones is 1. The van der Waals surface area contributed by atoms with Gasteiger partial charge in [0, 0.05) is 17.7 Å². The van der Waals surface area contributed by atoms with Crippen LogP contribution in [-0.4, -0.2) is 12.9 Å². The highest BCUT2D eigenvalue weighted by atomic mass is 16.5. The minimum absolute atomic E-state index is 0.0879. The van der Waals surface area contributed by atoms with Gasteiger partial charge in [0.05, 0.1) is 13.2 Å². The Kier molecular flexibility index (Phi) is 5.02. The van der Waals surface area contributed by atoms with Crippen molar-refractivity contribution in [2.75, 3.05) is 12.4 Å². The molecule has 0 spiro atoms. The Morgan fingerprint density at radius 2 is 1.79 bits per heavy atom. The van der Waals surface area contributed by atoms with Crippen LogP contribution in [0.2, 0.25) is 0 Å². The molecule has 1 aliphatic rings. The maximum atomic E-state index is 12.5. The predicted molar refractivity (Wildman–Crippen MR) is 110 cm³/mol. The summed E-state index contributed by atoms with van der Waals surface area (Å²) in [5.41, 5.74) is 4.95. The van der Waals surface area contributed by atoms with Crippen LogP contribution in [0.25, 0.3) is 0 Å². The minimum atomic E-state index is -0.0879. The van der Waals surface area contributed by atoms with Crippen molar-refractivity contribution in [2.45, 2.75) is 26.0 Å². The third-order valence-electron chi connectivity index (χ3n) is 5.05. The van der Waals surface area contributed by atoms with Gasteiger partial charge in [0.15, 0.2) is 17.3 Å². The van der Waals surface area contributed by atoms with E-state index in [1.165, 1.54) is 5.56 Å². The zero-order valence-electron chi connectivity index (χ0n) is 16.1. The number of carbonyl (C=O) groups is 1. The van der Waals surface area contributed by atoms with Crippen molar-refractivity contribution in [1.82, 2.24) is 0 Å². The summed E-state index contributed by atoms with van der Waals surface area (Å²) in [6.45, 7) is 2.52. The number of rotatable bonds is 5. The summed E-state index contributed by atoms with van der Waals surface area (Å²) in [6.07, 6.45) is 0.417. The molecule has 0 radical (unpaired) electrons. The number of hydrogen-bond donors (Lipinski definition) is 1. The second kappa shape index (κ2) is 7.77. The van der Waals surface area contributed by atoms with Crippen molar-refractivity contribution in [3.8, 4) is 11.5 Å². The average Bonchev–Trinajstić information content (AvgIpc) is 2.73. The van der Waals surface area contributed by atoms with Crippen LogP contribution in [0.15, 0.2) is 66.7 Å². The summed E-state index contributed by atoms with van der Waals surface area (Å²) in [4.78, 5) is 12.5. The van der Waals surface area contributed by atoms with Gasteiger partial charge in [0.25, 0.3) is 0 Å². The zero-order chi connectivity index (χ0) is 19.5. The van der Waals surface area contributed by atoms with Gasteiger partial charge in [-0.25, -0.2) is 0 Å². The topological polar surface area (TPSA) is 47.6 Å². The van der Waals surface area contributed by atoms with E-state index in [-0.39, 0.29) is 11.8 Å². The molecular formula is C24H23NO3. The summed E-state index contributed by atoms with van der Waals surface area (Å²) in [5.74, 6) is 1.50. The zero-order valence-corrected chi connectivity index (χ0v) is 16.1. The predicted octanol–water partition coefficient (Wildman–Crippen LogP) is 5.32. The Morgan fingerprint density at radius 3 is 2.57 bits per heavy atom. The van der Waals surface area contributed by atoms with Crippen LogP contribution in [0.4, 0.5) is 5.69 Å². The van der Waals surface area contributed by atoms with Crippen LogP contribution in [0.5, 0.6) is 11.5 Å². The molecule has 0 saturated carbocycles. The molecule has 3 aromatic carbocycles. The van der Waals surface area contributed by atoms with Crippen molar-refractivity contribution in [1.29, 1.82) is 0 Å². The highest BCUT2D eigenvalue weighted by molar-refractivity contribution is 6.03. The Labute approximate surface area is 165 Å². The normalized spacial score (nSPS) is 15.5. The van der Waals surface area contributed by atoms with Gasteiger partial charge >= 0.3 is 0 Å². The lowest BCUT2D eigenvalue weighted by molar-refractivity contribution is 0.0972. The quantitative estimate of drug-likeness (QED) is 0.657. The van der Waals surface area contributed by atoms with Crippen molar-refractivity contribution >= 4 is 11.5 Å². The Bertz CT molecular complexity index is 995. The summed E-state index contributed by atoms with van der Waals surface area (Å²) in [7, 11) is 1.63. The number of Topliss-reactive ketones (excluding diaryl/α,β-unsaturated/α-hetero) is 1. The maximum absolute atomic E-state index is 12.5. The SMILES string of the molecule is COc1ccc(C2CC(=O)c3ccccc3N2)cc1OCc1ccc(C)cc1. The third kappa shape index (κ3) is 3.72. The lowest BCUT2D eigenvalue weighted by Gasteiger charge is -2.27. The molecule has 1 N–H and O–H groups in total. The second-order valence-corrected chi connectivity index (χ2v) is 7.05. The van der Waals surface area contributed by atoms with Gasteiger partial charge in [0.1, 0.15) is 6.61 Å². The largest absolute Gasteiger partial charge is 0.493 e. The summed E-state index contributed by atoms with van der Waals surface area (Å²) in [6, 6.07) is 21.7. The highest BCUT2D eigenvalue weighted by Crippen LogP contribution is 2.36. The molecule has 1 aliphatic heterocycles. The number of carbonyl (C=O) groups excluding carboxylic acids is 1. The van der Waals surface area contributed by atoms with Crippen LogP contribution in [0.1, 0.15) is 39.5 Å². The number of fused-ring (bicyclic) bond motifs is 1. The van der Waals surface area contributed by atoms with Gasteiger partial charge in [-0.15, -0.1) is 0 Å². The molecular weight excluding hydrogens is 350 g/mol. The van der Waals surface area contributed by atoms with Crippen molar-refractivity contribution in [3.63, 3.8) is 0 Å². The molecule has 142 valence electrons. The van der Waals surface area contributed by atoms with Crippen molar-refractivity contribution in [2.24, 2.45) is 0 Å². The maximum Gasteiger partial charge on any atom is 0.167 e. The Balaban J connectivity index is 1.56. The summed E-state index contributed by atoms with van der Waals surface area (Å²) < 4.78 is 11.5. The van der Waals surface area contributed by atoms with E-state index in [0.717, 1.165) is 22.4 Å². The van der Waals surface area contributed by atoms with Crippen LogP contribution in [-0.2, 0) is 6.61 Å². The molecule has 0 aliphatic carbocycles. The van der Waals surface area contributed by atoms with Crippen LogP contribution in [0, 0.1) is 6.92 Å². The molecule has 0 saturated heterocycles. The average molecular weight is 373 g/mol. The molecule has 0 amide bonds. The van der Waals surface area contributed by atoms with E-state index in [1.807, 2.05) is 42.5 Å². The van der Waals surface area contributed by atoms with Gasteiger partial charge in [-0.1, -0.05) is 48.0 Å². The minimum Gasteiger partial charge on any atom is -0.493 e. The van der Waals surface area contributed by atoms with E-state index in [1.54, 1.807) is 7.11 Å². The molecule has 1 atom stereocenters. The van der Waals surface area contributed by atoms with Gasteiger partial charge in [-0.3, -0.25) is 4.79 Å². The lowest BCUT2D eigenvalue weighted by Crippen LogP contribution is -2.22. The molecule has 0 aromatic heterocycles. The van der Waals surface area contributed by atoms with E-state index < -0.39 is 0 Å². The molecule has 28 heavy (non-hydrogen) atoms. The second-order valence-electron chi connectivity index (χ2n) is 7.05.